The number of imidazole rings is 1. The van der Waals surface area contributed by atoms with Gasteiger partial charge in [-0.15, -0.1) is 0 Å². The third-order valence-corrected chi connectivity index (χ3v) is 2.93. The van der Waals surface area contributed by atoms with Crippen LogP contribution >= 0.6 is 0 Å². The maximum absolute atomic E-state index is 10.8. The molecule has 0 atom stereocenters. The van der Waals surface area contributed by atoms with E-state index in [0.29, 0.717) is 17.8 Å². The van der Waals surface area contributed by atoms with Crippen molar-refractivity contribution < 1.29 is 9.90 Å². The maximum atomic E-state index is 10.8. The molecule has 100 valence electrons. The van der Waals surface area contributed by atoms with Gasteiger partial charge in [0.1, 0.15) is 17.2 Å². The molecule has 3 rings (SSSR count). The highest BCUT2D eigenvalue weighted by Gasteiger charge is 2.11. The summed E-state index contributed by atoms with van der Waals surface area (Å²) in [5.41, 5.74) is 2.44. The van der Waals surface area contributed by atoms with E-state index in [2.05, 4.69) is 20.2 Å². The molecular formula is C14H12N4O2. The van der Waals surface area contributed by atoms with E-state index in [1.165, 1.54) is 6.07 Å². The second kappa shape index (κ2) is 5.00. The van der Waals surface area contributed by atoms with Crippen LogP contribution in [0.15, 0.2) is 42.6 Å². The first kappa shape index (κ1) is 12.2. The Morgan fingerprint density at radius 1 is 1.25 bits per heavy atom. The van der Waals surface area contributed by atoms with Gasteiger partial charge in [0.05, 0.1) is 11.9 Å². The number of hydrogen-bond acceptors (Lipinski definition) is 3. The Kier molecular flexibility index (Phi) is 3.04. The summed E-state index contributed by atoms with van der Waals surface area (Å²) in [5.74, 6) is -0.223. The first-order valence-electron chi connectivity index (χ1n) is 6.09. The normalized spacial score (nSPS) is 10.6. The van der Waals surface area contributed by atoms with Crippen LogP contribution in [0.25, 0.3) is 11.4 Å². The number of nitrogens with zero attached hydrogens (tertiary/aromatic N) is 2. The number of carboxylic acid groups (broad SMARTS) is 1. The third-order valence-electron chi connectivity index (χ3n) is 2.93. The van der Waals surface area contributed by atoms with Crippen molar-refractivity contribution in [3.05, 3.63) is 59.7 Å². The lowest BCUT2D eigenvalue weighted by Crippen LogP contribution is -1.95. The largest absolute Gasteiger partial charge is 0.477 e. The highest BCUT2D eigenvalue weighted by Crippen LogP contribution is 2.16. The summed E-state index contributed by atoms with van der Waals surface area (Å²) in [5, 5.41) is 15.3. The molecule has 3 N–H and O–H groups in total. The van der Waals surface area contributed by atoms with Gasteiger partial charge in [-0.1, -0.05) is 30.3 Å². The van der Waals surface area contributed by atoms with Gasteiger partial charge < -0.3 is 10.1 Å². The van der Waals surface area contributed by atoms with Crippen LogP contribution in [0.1, 0.15) is 21.9 Å². The number of carbonyl (C=O) groups is 1. The number of nitrogens with one attached hydrogen (secondary N) is 2. The zero-order chi connectivity index (χ0) is 13.9. The van der Waals surface area contributed by atoms with Crippen LogP contribution < -0.4 is 0 Å². The smallest absolute Gasteiger partial charge is 0.353 e. The average molecular weight is 268 g/mol. The van der Waals surface area contributed by atoms with Crippen molar-refractivity contribution >= 4 is 5.97 Å². The molecule has 0 saturated heterocycles. The lowest BCUT2D eigenvalue weighted by atomic mass is 10.1. The zero-order valence-corrected chi connectivity index (χ0v) is 10.5. The molecule has 0 fully saturated rings. The van der Waals surface area contributed by atoms with Crippen LogP contribution in [0, 0.1) is 0 Å². The molecule has 0 aliphatic rings. The van der Waals surface area contributed by atoms with Gasteiger partial charge in [-0.2, -0.15) is 5.10 Å². The summed E-state index contributed by atoms with van der Waals surface area (Å²) in [7, 11) is 0. The molecule has 2 aromatic heterocycles. The van der Waals surface area contributed by atoms with Crippen molar-refractivity contribution in [2.75, 3.05) is 0 Å². The number of H-pyrrole nitrogens is 2. The topological polar surface area (TPSA) is 94.7 Å². The van der Waals surface area contributed by atoms with Crippen LogP contribution in [-0.2, 0) is 6.42 Å². The number of aromatic nitrogens is 4. The SMILES string of the molecule is O=C(O)c1cc(-c2cnc(Cc3ccccc3)[nH]2)n[nH]1. The molecule has 0 aliphatic heterocycles. The quantitative estimate of drug-likeness (QED) is 0.675. The third kappa shape index (κ3) is 2.44. The average Bonchev–Trinajstić information content (AvgIpc) is 3.08. The molecule has 0 saturated carbocycles. The van der Waals surface area contributed by atoms with Gasteiger partial charge in [-0.05, 0) is 5.56 Å². The molecule has 0 amide bonds. The molecule has 0 spiro atoms. The van der Waals surface area contributed by atoms with Crippen LogP contribution in [0.3, 0.4) is 0 Å². The fraction of sp³-hybridized carbons (Fsp3) is 0.0714. The van der Waals surface area contributed by atoms with E-state index in [-0.39, 0.29) is 5.69 Å². The number of aromatic carboxylic acids is 1. The standard InChI is InChI=1S/C14H12N4O2/c19-14(20)11-7-10(17-18-11)12-8-15-13(16-12)6-9-4-2-1-3-5-9/h1-5,7-8H,6H2,(H,15,16)(H,17,18)(H,19,20). The van der Waals surface area contributed by atoms with Gasteiger partial charge in [-0.3, -0.25) is 5.10 Å². The van der Waals surface area contributed by atoms with Crippen molar-refractivity contribution in [2.24, 2.45) is 0 Å². The summed E-state index contributed by atoms with van der Waals surface area (Å²) >= 11 is 0. The highest BCUT2D eigenvalue weighted by molar-refractivity contribution is 5.86. The predicted molar refractivity (Wildman–Crippen MR) is 72.4 cm³/mol. The Labute approximate surface area is 114 Å². The van der Waals surface area contributed by atoms with Gasteiger partial charge in [0.2, 0.25) is 0 Å². The van der Waals surface area contributed by atoms with E-state index < -0.39 is 5.97 Å². The van der Waals surface area contributed by atoms with Gasteiger partial charge in [0.15, 0.2) is 0 Å². The number of benzene rings is 1. The molecule has 20 heavy (non-hydrogen) atoms. The Bertz CT molecular complexity index is 730. The highest BCUT2D eigenvalue weighted by atomic mass is 16.4. The van der Waals surface area contributed by atoms with Gasteiger partial charge in [0.25, 0.3) is 0 Å². The summed E-state index contributed by atoms with van der Waals surface area (Å²) in [6.45, 7) is 0. The zero-order valence-electron chi connectivity index (χ0n) is 10.5. The molecule has 0 bridgehead atoms. The van der Waals surface area contributed by atoms with Crippen molar-refractivity contribution in [1.29, 1.82) is 0 Å². The molecule has 0 aliphatic carbocycles. The first-order chi connectivity index (χ1) is 9.72. The molecule has 0 radical (unpaired) electrons. The van der Waals surface area contributed by atoms with E-state index in [1.807, 2.05) is 30.3 Å². The lowest BCUT2D eigenvalue weighted by molar-refractivity contribution is 0.0690. The van der Waals surface area contributed by atoms with Gasteiger partial charge in [-0.25, -0.2) is 9.78 Å². The maximum Gasteiger partial charge on any atom is 0.353 e. The fourth-order valence-electron chi connectivity index (χ4n) is 1.94. The van der Waals surface area contributed by atoms with E-state index in [9.17, 15) is 4.79 Å². The number of carboxylic acids is 1. The van der Waals surface area contributed by atoms with Crippen LogP contribution in [0.2, 0.25) is 0 Å². The number of hydrogen-bond donors (Lipinski definition) is 3. The predicted octanol–water partition coefficient (Wildman–Crippen LogP) is 2.09. The van der Waals surface area contributed by atoms with Crippen molar-refractivity contribution in [2.45, 2.75) is 6.42 Å². The van der Waals surface area contributed by atoms with E-state index in [4.69, 9.17) is 5.11 Å². The minimum absolute atomic E-state index is 0.0548. The molecule has 3 aromatic rings. The molecule has 2 heterocycles. The molecule has 0 unspecified atom stereocenters. The Morgan fingerprint density at radius 3 is 2.75 bits per heavy atom. The second-order valence-electron chi connectivity index (χ2n) is 4.38. The van der Waals surface area contributed by atoms with E-state index >= 15 is 0 Å². The minimum Gasteiger partial charge on any atom is -0.477 e. The van der Waals surface area contributed by atoms with E-state index in [0.717, 1.165) is 11.4 Å². The van der Waals surface area contributed by atoms with Crippen LogP contribution in [0.4, 0.5) is 0 Å². The van der Waals surface area contributed by atoms with Crippen LogP contribution in [-0.4, -0.2) is 31.2 Å². The van der Waals surface area contributed by atoms with Gasteiger partial charge >= 0.3 is 5.97 Å². The van der Waals surface area contributed by atoms with Crippen molar-refractivity contribution in [3.63, 3.8) is 0 Å². The Hall–Kier alpha value is -2.89. The van der Waals surface area contributed by atoms with E-state index in [1.54, 1.807) is 6.20 Å². The summed E-state index contributed by atoms with van der Waals surface area (Å²) in [4.78, 5) is 18.2. The first-order valence-corrected chi connectivity index (χ1v) is 6.09. The fourth-order valence-corrected chi connectivity index (χ4v) is 1.94. The van der Waals surface area contributed by atoms with Crippen molar-refractivity contribution in [1.82, 2.24) is 20.2 Å². The summed E-state index contributed by atoms with van der Waals surface area (Å²) in [6.07, 6.45) is 2.34. The molecule has 1 aromatic carbocycles. The minimum atomic E-state index is -1.03. The molecule has 6 nitrogen and oxygen atoms in total. The van der Waals surface area contributed by atoms with Crippen LogP contribution in [0.5, 0.6) is 0 Å². The number of aromatic amines is 2. The van der Waals surface area contributed by atoms with Crippen molar-refractivity contribution in [3.8, 4) is 11.4 Å². The molecule has 6 heteroatoms. The van der Waals surface area contributed by atoms with Gasteiger partial charge in [0, 0.05) is 12.5 Å². The number of rotatable bonds is 4. The lowest BCUT2D eigenvalue weighted by Gasteiger charge is -1.96. The monoisotopic (exact) mass is 268 g/mol. The summed E-state index contributed by atoms with van der Waals surface area (Å²) in [6, 6.07) is 11.5. The Balaban J connectivity index is 1.81. The summed E-state index contributed by atoms with van der Waals surface area (Å²) < 4.78 is 0. The second-order valence-corrected chi connectivity index (χ2v) is 4.38. The Morgan fingerprint density at radius 2 is 2.05 bits per heavy atom. The molecular weight excluding hydrogens is 256 g/mol.